The Balaban J connectivity index is 2.23. The summed E-state index contributed by atoms with van der Waals surface area (Å²) in [5.41, 5.74) is 1.19. The van der Waals surface area contributed by atoms with E-state index in [1.807, 2.05) is 0 Å². The predicted molar refractivity (Wildman–Crippen MR) is 89.6 cm³/mol. The monoisotopic (exact) mass is 354 g/mol. The molecule has 116 valence electrons. The molecule has 0 aliphatic heterocycles. The summed E-state index contributed by atoms with van der Waals surface area (Å²) in [6.07, 6.45) is 4.83. The highest BCUT2D eigenvalue weighted by atomic mass is 79.9. The van der Waals surface area contributed by atoms with Crippen LogP contribution >= 0.6 is 15.9 Å². The first-order valence-electron chi connectivity index (χ1n) is 7.49. The maximum Gasteiger partial charge on any atom is 0.271 e. The van der Waals surface area contributed by atoms with Gasteiger partial charge in [-0.05, 0) is 46.2 Å². The number of hydrogen-bond donors (Lipinski definition) is 1. The summed E-state index contributed by atoms with van der Waals surface area (Å²) in [7, 11) is 0. The molecule has 1 aliphatic carbocycles. The number of halogens is 1. The van der Waals surface area contributed by atoms with Gasteiger partial charge in [0.05, 0.1) is 10.6 Å². The van der Waals surface area contributed by atoms with Crippen molar-refractivity contribution in [1.29, 1.82) is 0 Å². The van der Waals surface area contributed by atoms with Crippen LogP contribution in [0.2, 0.25) is 0 Å². The normalized spacial score (nSPS) is 22.9. The second kappa shape index (κ2) is 6.34. The summed E-state index contributed by atoms with van der Waals surface area (Å²) in [5.74, 6) is 0.581. The lowest BCUT2D eigenvalue weighted by Gasteiger charge is -2.41. The molecule has 0 bridgehead atoms. The van der Waals surface area contributed by atoms with Gasteiger partial charge in [-0.25, -0.2) is 0 Å². The van der Waals surface area contributed by atoms with Crippen molar-refractivity contribution in [1.82, 2.24) is 0 Å². The first kappa shape index (κ1) is 16.3. The van der Waals surface area contributed by atoms with Gasteiger partial charge in [0, 0.05) is 22.6 Å². The lowest BCUT2D eigenvalue weighted by molar-refractivity contribution is -0.384. The lowest BCUT2D eigenvalue weighted by atomic mass is 9.69. The number of nitro groups is 1. The highest BCUT2D eigenvalue weighted by Crippen LogP contribution is 2.40. The van der Waals surface area contributed by atoms with Gasteiger partial charge in [0.2, 0.25) is 0 Å². The molecule has 1 aromatic rings. The van der Waals surface area contributed by atoms with Gasteiger partial charge >= 0.3 is 0 Å². The molecule has 5 heteroatoms. The topological polar surface area (TPSA) is 55.2 Å². The van der Waals surface area contributed by atoms with E-state index in [2.05, 4.69) is 42.0 Å². The van der Waals surface area contributed by atoms with Gasteiger partial charge in [-0.2, -0.15) is 0 Å². The van der Waals surface area contributed by atoms with E-state index in [9.17, 15) is 10.1 Å². The molecular weight excluding hydrogens is 332 g/mol. The van der Waals surface area contributed by atoms with Gasteiger partial charge in [-0.1, -0.05) is 33.6 Å². The standard InChI is InChI=1S/C16H23BrN2O2/c1-16(2,3)12-6-4-5-7-14(12)18-15-10-11(19(20)21)8-9-13(15)17/h8-10,12,14,18H,4-7H2,1-3H3. The summed E-state index contributed by atoms with van der Waals surface area (Å²) >= 11 is 3.49. The number of nitrogens with one attached hydrogen (secondary N) is 1. The predicted octanol–water partition coefficient (Wildman–Crippen LogP) is 5.37. The van der Waals surface area contributed by atoms with Crippen molar-refractivity contribution in [2.45, 2.75) is 52.5 Å². The Bertz CT molecular complexity index is 525. The fraction of sp³-hybridized carbons (Fsp3) is 0.625. The van der Waals surface area contributed by atoms with Crippen LogP contribution in [0.1, 0.15) is 46.5 Å². The molecule has 2 rings (SSSR count). The molecular formula is C16H23BrN2O2. The number of nitro benzene ring substituents is 1. The van der Waals surface area contributed by atoms with Crippen LogP contribution in [0.25, 0.3) is 0 Å². The first-order valence-corrected chi connectivity index (χ1v) is 8.29. The number of nitrogens with zero attached hydrogens (tertiary/aromatic N) is 1. The third-order valence-corrected chi connectivity index (χ3v) is 5.07. The molecule has 1 saturated carbocycles. The van der Waals surface area contributed by atoms with Crippen molar-refractivity contribution in [3.05, 3.63) is 32.8 Å². The molecule has 2 atom stereocenters. The van der Waals surface area contributed by atoms with Crippen LogP contribution in [0.5, 0.6) is 0 Å². The van der Waals surface area contributed by atoms with E-state index in [-0.39, 0.29) is 16.0 Å². The average Bonchev–Trinajstić information content (AvgIpc) is 2.40. The zero-order valence-electron chi connectivity index (χ0n) is 12.9. The third-order valence-electron chi connectivity index (χ3n) is 4.38. The van der Waals surface area contributed by atoms with E-state index >= 15 is 0 Å². The highest BCUT2D eigenvalue weighted by Gasteiger charge is 2.34. The largest absolute Gasteiger partial charge is 0.381 e. The van der Waals surface area contributed by atoms with Gasteiger partial charge in [0.15, 0.2) is 0 Å². The Morgan fingerprint density at radius 2 is 1.95 bits per heavy atom. The number of rotatable bonds is 3. The summed E-state index contributed by atoms with van der Waals surface area (Å²) in [5, 5.41) is 14.5. The van der Waals surface area contributed by atoms with E-state index in [1.54, 1.807) is 12.1 Å². The molecule has 0 aromatic heterocycles. The van der Waals surface area contributed by atoms with E-state index < -0.39 is 0 Å². The lowest BCUT2D eigenvalue weighted by Crippen LogP contribution is -2.39. The number of anilines is 1. The fourth-order valence-corrected chi connectivity index (χ4v) is 3.64. The highest BCUT2D eigenvalue weighted by molar-refractivity contribution is 9.10. The Morgan fingerprint density at radius 1 is 1.29 bits per heavy atom. The van der Waals surface area contributed by atoms with Crippen LogP contribution in [0.15, 0.2) is 22.7 Å². The summed E-state index contributed by atoms with van der Waals surface area (Å²) in [6, 6.07) is 5.27. The second-order valence-corrected chi connectivity index (χ2v) is 7.78. The van der Waals surface area contributed by atoms with Gasteiger partial charge in [0.25, 0.3) is 5.69 Å². The quantitative estimate of drug-likeness (QED) is 0.585. The number of non-ortho nitro benzene ring substituents is 1. The molecule has 2 unspecified atom stereocenters. The number of hydrogen-bond acceptors (Lipinski definition) is 3. The Kier molecular flexibility index (Phi) is 4.91. The SMILES string of the molecule is CC(C)(C)C1CCCCC1Nc1cc([N+](=O)[O-])ccc1Br. The van der Waals surface area contributed by atoms with Crippen molar-refractivity contribution >= 4 is 27.3 Å². The van der Waals surface area contributed by atoms with Crippen molar-refractivity contribution in [2.24, 2.45) is 11.3 Å². The number of benzene rings is 1. The van der Waals surface area contributed by atoms with E-state index in [4.69, 9.17) is 0 Å². The molecule has 4 nitrogen and oxygen atoms in total. The fourth-order valence-electron chi connectivity index (χ4n) is 3.28. The molecule has 1 N–H and O–H groups in total. The van der Waals surface area contributed by atoms with Gasteiger partial charge in [-0.15, -0.1) is 0 Å². The van der Waals surface area contributed by atoms with Gasteiger partial charge < -0.3 is 5.32 Å². The minimum atomic E-state index is -0.347. The molecule has 0 saturated heterocycles. The van der Waals surface area contributed by atoms with Crippen molar-refractivity contribution in [3.63, 3.8) is 0 Å². The minimum absolute atomic E-state index is 0.129. The molecule has 21 heavy (non-hydrogen) atoms. The van der Waals surface area contributed by atoms with Crippen molar-refractivity contribution in [3.8, 4) is 0 Å². The zero-order chi connectivity index (χ0) is 15.6. The van der Waals surface area contributed by atoms with Gasteiger partial charge in [-0.3, -0.25) is 10.1 Å². The summed E-state index contributed by atoms with van der Waals surface area (Å²) in [4.78, 5) is 10.6. The van der Waals surface area contributed by atoms with E-state index in [0.717, 1.165) is 16.6 Å². The van der Waals surface area contributed by atoms with E-state index in [1.165, 1.54) is 25.3 Å². The zero-order valence-corrected chi connectivity index (χ0v) is 14.4. The Labute approximate surface area is 134 Å². The summed E-state index contributed by atoms with van der Waals surface area (Å²) in [6.45, 7) is 6.83. The van der Waals surface area contributed by atoms with Crippen molar-refractivity contribution < 1.29 is 4.92 Å². The smallest absolute Gasteiger partial charge is 0.271 e. The third kappa shape index (κ3) is 3.96. The molecule has 0 spiro atoms. The minimum Gasteiger partial charge on any atom is -0.381 e. The molecule has 1 aromatic carbocycles. The molecule has 1 fully saturated rings. The average molecular weight is 355 g/mol. The van der Waals surface area contributed by atoms with Crippen LogP contribution < -0.4 is 5.32 Å². The molecule has 0 heterocycles. The maximum atomic E-state index is 10.9. The van der Waals surface area contributed by atoms with Gasteiger partial charge in [0.1, 0.15) is 0 Å². The molecule has 0 radical (unpaired) electrons. The van der Waals surface area contributed by atoms with Crippen LogP contribution in [-0.4, -0.2) is 11.0 Å². The van der Waals surface area contributed by atoms with Crippen LogP contribution in [0.3, 0.4) is 0 Å². The van der Waals surface area contributed by atoms with Crippen molar-refractivity contribution in [2.75, 3.05) is 5.32 Å². The summed E-state index contributed by atoms with van der Waals surface area (Å²) < 4.78 is 0.881. The molecule has 0 amide bonds. The van der Waals surface area contributed by atoms with E-state index in [0.29, 0.717) is 12.0 Å². The van der Waals surface area contributed by atoms with Crippen LogP contribution in [0.4, 0.5) is 11.4 Å². The maximum absolute atomic E-state index is 10.9. The second-order valence-electron chi connectivity index (χ2n) is 6.93. The van der Waals surface area contributed by atoms with Crippen LogP contribution in [-0.2, 0) is 0 Å². The van der Waals surface area contributed by atoms with Crippen LogP contribution in [0, 0.1) is 21.4 Å². The first-order chi connectivity index (χ1) is 9.79. The Morgan fingerprint density at radius 3 is 2.57 bits per heavy atom. The molecule has 1 aliphatic rings. The Hall–Kier alpha value is -1.10.